The van der Waals surface area contributed by atoms with Gasteiger partial charge in [0, 0.05) is 51.7 Å². The van der Waals surface area contributed by atoms with Crippen LogP contribution >= 0.6 is 0 Å². The molecule has 0 radical (unpaired) electrons. The van der Waals surface area contributed by atoms with Crippen molar-refractivity contribution in [2.75, 3.05) is 32.7 Å². The Morgan fingerprint density at radius 2 is 1.69 bits per heavy atom. The summed E-state index contributed by atoms with van der Waals surface area (Å²) in [7, 11) is 0. The summed E-state index contributed by atoms with van der Waals surface area (Å²) in [6.45, 7) is 11.6. The number of urea groups is 1. The molecule has 0 unspecified atom stereocenters. The van der Waals surface area contributed by atoms with Gasteiger partial charge in [0.2, 0.25) is 5.91 Å². The van der Waals surface area contributed by atoms with E-state index in [2.05, 4.69) is 54.8 Å². The minimum atomic E-state index is -0.350. The highest BCUT2D eigenvalue weighted by Gasteiger charge is 2.38. The lowest BCUT2D eigenvalue weighted by Gasteiger charge is -2.48. The summed E-state index contributed by atoms with van der Waals surface area (Å²) in [6.07, 6.45) is 2.31. The van der Waals surface area contributed by atoms with Crippen molar-refractivity contribution in [3.8, 4) is 0 Å². The summed E-state index contributed by atoms with van der Waals surface area (Å²) in [5.41, 5.74) is 6.72. The van der Waals surface area contributed by atoms with Crippen molar-refractivity contribution in [2.45, 2.75) is 52.6 Å². The second kappa shape index (κ2) is 9.16. The van der Waals surface area contributed by atoms with Crippen LogP contribution in [-0.2, 0) is 11.3 Å². The lowest BCUT2D eigenvalue weighted by molar-refractivity contribution is -0.141. The number of nitrogens with two attached hydrogens (primary N) is 1. The number of nitrogens with zero attached hydrogens (tertiary/aromatic N) is 3. The van der Waals surface area contributed by atoms with Crippen molar-refractivity contribution in [1.29, 1.82) is 0 Å². The van der Waals surface area contributed by atoms with E-state index in [1.807, 2.05) is 6.07 Å². The Hall–Kier alpha value is -2.08. The molecule has 2 aliphatic heterocycles. The maximum Gasteiger partial charge on any atom is 0.314 e. The molecule has 2 N–H and O–H groups in total. The number of piperidine rings is 1. The Balaban J connectivity index is 1.59. The third-order valence-corrected chi connectivity index (χ3v) is 6.42. The van der Waals surface area contributed by atoms with Crippen LogP contribution in [0.5, 0.6) is 0 Å². The highest BCUT2D eigenvalue weighted by molar-refractivity contribution is 5.77. The smallest absolute Gasteiger partial charge is 0.314 e. The minimum absolute atomic E-state index is 0.0281. The fourth-order valence-electron chi connectivity index (χ4n) is 4.59. The zero-order chi connectivity index (χ0) is 21.0. The topological polar surface area (TPSA) is 69.9 Å². The van der Waals surface area contributed by atoms with Gasteiger partial charge in [-0.05, 0) is 29.7 Å². The van der Waals surface area contributed by atoms with Gasteiger partial charge in [-0.3, -0.25) is 9.69 Å². The zero-order valence-corrected chi connectivity index (χ0v) is 18.1. The number of amides is 3. The lowest BCUT2D eigenvalue weighted by atomic mass is 9.83. The summed E-state index contributed by atoms with van der Waals surface area (Å²) >= 11 is 0. The van der Waals surface area contributed by atoms with Crippen LogP contribution in [0.4, 0.5) is 4.79 Å². The van der Waals surface area contributed by atoms with Crippen LogP contribution in [-0.4, -0.2) is 65.4 Å². The molecule has 0 aliphatic carbocycles. The molecule has 1 aromatic rings. The monoisotopic (exact) mass is 400 g/mol. The van der Waals surface area contributed by atoms with Crippen molar-refractivity contribution in [1.82, 2.24) is 14.7 Å². The second-order valence-electron chi connectivity index (χ2n) is 9.66. The maximum atomic E-state index is 13.2. The number of carbonyl (C=O) groups excluding carboxylic acids is 2. The fourth-order valence-corrected chi connectivity index (χ4v) is 4.59. The van der Waals surface area contributed by atoms with Crippen molar-refractivity contribution in [2.24, 2.45) is 17.1 Å². The van der Waals surface area contributed by atoms with Gasteiger partial charge in [0.15, 0.2) is 0 Å². The van der Waals surface area contributed by atoms with E-state index >= 15 is 0 Å². The normalized spacial score (nSPS) is 22.0. The van der Waals surface area contributed by atoms with Gasteiger partial charge < -0.3 is 15.5 Å². The van der Waals surface area contributed by atoms with E-state index < -0.39 is 0 Å². The average molecular weight is 401 g/mol. The molecule has 2 saturated heterocycles. The molecule has 160 valence electrons. The quantitative estimate of drug-likeness (QED) is 0.845. The molecule has 29 heavy (non-hydrogen) atoms. The first-order valence-electron chi connectivity index (χ1n) is 10.8. The molecule has 3 amide bonds. The third-order valence-electron chi connectivity index (χ3n) is 6.42. The van der Waals surface area contributed by atoms with E-state index in [0.29, 0.717) is 25.4 Å². The molecular weight excluding hydrogens is 364 g/mol. The van der Waals surface area contributed by atoms with E-state index in [9.17, 15) is 9.59 Å². The number of likely N-dealkylation sites (tertiary alicyclic amines) is 1. The lowest BCUT2D eigenvalue weighted by Crippen LogP contribution is -2.59. The first-order valence-corrected chi connectivity index (χ1v) is 10.8. The number of benzene rings is 1. The summed E-state index contributed by atoms with van der Waals surface area (Å²) in [5.74, 6) is 0.614. The van der Waals surface area contributed by atoms with E-state index in [1.54, 1.807) is 4.90 Å². The molecule has 6 nitrogen and oxygen atoms in total. The molecule has 0 bridgehead atoms. The van der Waals surface area contributed by atoms with Crippen LogP contribution in [0.2, 0.25) is 0 Å². The first kappa shape index (κ1) is 21.6. The Morgan fingerprint density at radius 1 is 1.03 bits per heavy atom. The Morgan fingerprint density at radius 3 is 2.28 bits per heavy atom. The van der Waals surface area contributed by atoms with Gasteiger partial charge in [0.05, 0.1) is 0 Å². The van der Waals surface area contributed by atoms with Crippen molar-refractivity contribution < 1.29 is 9.59 Å². The molecule has 6 heteroatoms. The van der Waals surface area contributed by atoms with E-state index in [4.69, 9.17) is 5.73 Å². The Labute approximate surface area is 175 Å². The summed E-state index contributed by atoms with van der Waals surface area (Å²) < 4.78 is 0. The van der Waals surface area contributed by atoms with Crippen LogP contribution in [0.1, 0.15) is 45.6 Å². The van der Waals surface area contributed by atoms with Crippen LogP contribution < -0.4 is 5.73 Å². The molecule has 2 heterocycles. The van der Waals surface area contributed by atoms with Crippen LogP contribution in [0.25, 0.3) is 0 Å². The molecule has 0 aromatic heterocycles. The van der Waals surface area contributed by atoms with Gasteiger partial charge in [-0.1, -0.05) is 51.1 Å². The largest absolute Gasteiger partial charge is 0.351 e. The highest BCUT2D eigenvalue weighted by Crippen LogP contribution is 2.30. The predicted octanol–water partition coefficient (Wildman–Crippen LogP) is 2.93. The molecule has 3 rings (SSSR count). The van der Waals surface area contributed by atoms with E-state index in [-0.39, 0.29) is 23.4 Å². The standard InChI is InChI=1S/C23H36N4O2/c1-23(2,3)20-17-25(16-19-7-5-4-6-8-19)13-14-27(20)21(28)15-18-9-11-26(12-10-18)22(24)29/h4-8,18,20H,9-17H2,1-3H3,(H2,24,29)/t20-/m1/s1. The number of carbonyl (C=O) groups is 2. The number of hydrogen-bond acceptors (Lipinski definition) is 3. The summed E-state index contributed by atoms with van der Waals surface area (Å²) in [6, 6.07) is 10.4. The van der Waals surface area contributed by atoms with Gasteiger partial charge >= 0.3 is 6.03 Å². The van der Waals surface area contributed by atoms with Crippen molar-refractivity contribution in [3.63, 3.8) is 0 Å². The maximum absolute atomic E-state index is 13.2. The zero-order valence-electron chi connectivity index (χ0n) is 18.1. The van der Waals surface area contributed by atoms with Crippen molar-refractivity contribution in [3.05, 3.63) is 35.9 Å². The Bertz CT molecular complexity index is 693. The van der Waals surface area contributed by atoms with E-state index in [0.717, 1.165) is 39.0 Å². The van der Waals surface area contributed by atoms with Gasteiger partial charge in [0.25, 0.3) is 0 Å². The molecule has 2 fully saturated rings. The molecule has 0 spiro atoms. The number of rotatable bonds is 4. The van der Waals surface area contributed by atoms with Crippen LogP contribution in [0.3, 0.4) is 0 Å². The highest BCUT2D eigenvalue weighted by atomic mass is 16.2. The fraction of sp³-hybridized carbons (Fsp3) is 0.652. The van der Waals surface area contributed by atoms with Crippen molar-refractivity contribution >= 4 is 11.9 Å². The minimum Gasteiger partial charge on any atom is -0.351 e. The SMILES string of the molecule is CC(C)(C)[C@H]1CN(Cc2ccccc2)CCN1C(=O)CC1CCN(C(N)=O)CC1. The number of primary amides is 1. The molecular formula is C23H36N4O2. The summed E-state index contributed by atoms with van der Waals surface area (Å²) in [5, 5.41) is 0. The Kier molecular flexibility index (Phi) is 6.83. The second-order valence-corrected chi connectivity index (χ2v) is 9.66. The van der Waals surface area contributed by atoms with Crippen LogP contribution in [0.15, 0.2) is 30.3 Å². The third kappa shape index (κ3) is 5.72. The van der Waals surface area contributed by atoms with Gasteiger partial charge in [-0.15, -0.1) is 0 Å². The van der Waals surface area contributed by atoms with Gasteiger partial charge in [-0.25, -0.2) is 4.79 Å². The molecule has 2 aliphatic rings. The van der Waals surface area contributed by atoms with Gasteiger partial charge in [0.1, 0.15) is 0 Å². The predicted molar refractivity (Wildman–Crippen MR) is 115 cm³/mol. The van der Waals surface area contributed by atoms with Crippen LogP contribution in [0, 0.1) is 11.3 Å². The number of piperazine rings is 1. The molecule has 1 aromatic carbocycles. The first-order chi connectivity index (χ1) is 13.7. The van der Waals surface area contributed by atoms with Gasteiger partial charge in [-0.2, -0.15) is 0 Å². The molecule has 0 saturated carbocycles. The summed E-state index contributed by atoms with van der Waals surface area (Å²) in [4.78, 5) is 30.8. The average Bonchev–Trinajstić information content (AvgIpc) is 2.68. The molecule has 1 atom stereocenters. The number of hydrogen-bond donors (Lipinski definition) is 1. The van der Waals surface area contributed by atoms with E-state index in [1.165, 1.54) is 5.56 Å².